The lowest BCUT2D eigenvalue weighted by atomic mass is 10.2. The van der Waals surface area contributed by atoms with E-state index in [0.29, 0.717) is 0 Å². The van der Waals surface area contributed by atoms with Crippen molar-refractivity contribution in [1.29, 1.82) is 0 Å². The van der Waals surface area contributed by atoms with E-state index in [-0.39, 0.29) is 58.3 Å². The Labute approximate surface area is 189 Å². The van der Waals surface area contributed by atoms with Crippen LogP contribution >= 0.6 is 19.8 Å². The Morgan fingerprint density at radius 2 is 0.625 bits per heavy atom. The quantitative estimate of drug-likeness (QED) is 0.127. The van der Waals surface area contributed by atoms with Gasteiger partial charge >= 0.3 is 35.8 Å². The maximum atomic E-state index is 9.99. The first kappa shape index (κ1) is 40.0. The highest BCUT2D eigenvalue weighted by Crippen LogP contribution is 1.94. The van der Waals surface area contributed by atoms with Gasteiger partial charge < -0.3 is 47.8 Å². The molecule has 0 saturated heterocycles. The van der Waals surface area contributed by atoms with Gasteiger partial charge in [0.05, 0.1) is 0 Å². The summed E-state index contributed by atoms with van der Waals surface area (Å²) in [4.78, 5) is 59.6. The molecule has 0 saturated carbocycles. The topological polar surface area (TPSA) is 302 Å². The van der Waals surface area contributed by atoms with Crippen molar-refractivity contribution in [1.82, 2.24) is 0 Å². The first-order valence-corrected chi connectivity index (χ1v) is 8.22. The zero-order chi connectivity index (χ0) is 24.4. The third-order valence-corrected chi connectivity index (χ3v) is 2.96. The van der Waals surface area contributed by atoms with Crippen LogP contribution < -0.4 is 17.2 Å². The fourth-order valence-electron chi connectivity index (χ4n) is 1.21. The van der Waals surface area contributed by atoms with Gasteiger partial charge in [-0.05, 0) is 19.3 Å². The van der Waals surface area contributed by atoms with E-state index in [2.05, 4.69) is 0 Å². The van der Waals surface area contributed by atoms with Crippen LogP contribution in [0.15, 0.2) is 0 Å². The van der Waals surface area contributed by atoms with Gasteiger partial charge in [0.2, 0.25) is 0 Å². The molecular formula is C15H33N3O12P2. The summed E-state index contributed by atoms with van der Waals surface area (Å²) in [6.45, 7) is 0. The average Bonchev–Trinajstić information content (AvgIpc) is 2.62. The minimum Gasteiger partial charge on any atom is -0.481 e. The van der Waals surface area contributed by atoms with E-state index in [4.69, 9.17) is 47.8 Å². The molecule has 32 heavy (non-hydrogen) atoms. The molecule has 15 nitrogen and oxygen atoms in total. The van der Waals surface area contributed by atoms with Gasteiger partial charge in [0, 0.05) is 19.3 Å². The SMILES string of the molecule is N[C@@H](CCC(=O)O)C(=O)O.N[C@@H](CCC(=O)O)C(=O)O.N[C@@H](CCC(=O)O)C(=O)O.P.P. The lowest BCUT2D eigenvalue weighted by Crippen LogP contribution is -2.30. The fourth-order valence-corrected chi connectivity index (χ4v) is 1.21. The van der Waals surface area contributed by atoms with Crippen molar-refractivity contribution in [3.05, 3.63) is 0 Å². The molecule has 0 aliphatic heterocycles. The standard InChI is InChI=1S/3C5H9NO4.2H3P/c3*6-3(5(9)10)1-2-4(7)8;;/h3*3H,1-2,6H2,(H,7,8)(H,9,10);2*1H3/t3*3-;;/m000../s1. The van der Waals surface area contributed by atoms with Crippen molar-refractivity contribution in [3.63, 3.8) is 0 Å². The molecule has 0 spiro atoms. The van der Waals surface area contributed by atoms with E-state index in [9.17, 15) is 28.8 Å². The van der Waals surface area contributed by atoms with Crippen molar-refractivity contribution in [2.45, 2.75) is 56.7 Å². The normalized spacial score (nSPS) is 11.7. The maximum absolute atomic E-state index is 9.99. The summed E-state index contributed by atoms with van der Waals surface area (Å²) < 4.78 is 0. The molecule has 0 bridgehead atoms. The highest BCUT2D eigenvalue weighted by molar-refractivity contribution is 6.92. The molecule has 0 fully saturated rings. The Kier molecular flexibility index (Phi) is 29.0. The Bertz CT molecular complexity index is 525. The monoisotopic (exact) mass is 509 g/mol. The third-order valence-electron chi connectivity index (χ3n) is 2.96. The molecule has 0 aliphatic carbocycles. The summed E-state index contributed by atoms with van der Waals surface area (Å²) in [6, 6.07) is -3.18. The van der Waals surface area contributed by atoms with Crippen LogP contribution in [0.1, 0.15) is 38.5 Å². The first-order chi connectivity index (χ1) is 13.6. The van der Waals surface area contributed by atoms with Crippen LogP contribution in [0.25, 0.3) is 0 Å². The Morgan fingerprint density at radius 3 is 0.719 bits per heavy atom. The average molecular weight is 509 g/mol. The number of hydrogen-bond donors (Lipinski definition) is 9. The largest absolute Gasteiger partial charge is 0.481 e. The van der Waals surface area contributed by atoms with Crippen LogP contribution in [-0.2, 0) is 28.8 Å². The van der Waals surface area contributed by atoms with Gasteiger partial charge in [-0.15, -0.1) is 0 Å². The van der Waals surface area contributed by atoms with Gasteiger partial charge in [-0.3, -0.25) is 28.8 Å². The van der Waals surface area contributed by atoms with Gasteiger partial charge in [0.1, 0.15) is 18.1 Å². The van der Waals surface area contributed by atoms with Crippen molar-refractivity contribution < 1.29 is 59.4 Å². The molecule has 17 heteroatoms. The minimum absolute atomic E-state index is 0. The second kappa shape index (κ2) is 23.2. The van der Waals surface area contributed by atoms with E-state index in [1.54, 1.807) is 0 Å². The molecular weight excluding hydrogens is 476 g/mol. The van der Waals surface area contributed by atoms with E-state index >= 15 is 0 Å². The Balaban J connectivity index is -0.000000110. The highest BCUT2D eigenvalue weighted by Gasteiger charge is 2.13. The Morgan fingerprint density at radius 1 is 0.469 bits per heavy atom. The molecule has 12 N–H and O–H groups in total. The van der Waals surface area contributed by atoms with E-state index < -0.39 is 53.9 Å². The van der Waals surface area contributed by atoms with Crippen LogP contribution in [0, 0.1) is 0 Å². The lowest BCUT2D eigenvalue weighted by molar-refractivity contribution is -0.141. The van der Waals surface area contributed by atoms with Crippen LogP contribution in [-0.4, -0.2) is 84.6 Å². The van der Waals surface area contributed by atoms with Gasteiger partial charge in [-0.2, -0.15) is 19.8 Å². The van der Waals surface area contributed by atoms with E-state index in [1.165, 1.54) is 0 Å². The number of rotatable bonds is 12. The van der Waals surface area contributed by atoms with E-state index in [0.717, 1.165) is 0 Å². The van der Waals surface area contributed by atoms with Crippen molar-refractivity contribution in [3.8, 4) is 0 Å². The molecule has 190 valence electrons. The fraction of sp³-hybridized carbons (Fsp3) is 0.600. The second-order valence-electron chi connectivity index (χ2n) is 5.63. The number of carboxylic acid groups (broad SMARTS) is 6. The Hall–Kier alpha value is -2.44. The predicted molar refractivity (Wildman–Crippen MR) is 120 cm³/mol. The number of carbonyl (C=O) groups is 6. The van der Waals surface area contributed by atoms with Gasteiger partial charge in [0.25, 0.3) is 0 Å². The summed E-state index contributed by atoms with van der Waals surface area (Å²) in [5, 5.41) is 48.8. The zero-order valence-corrected chi connectivity index (χ0v) is 20.1. The summed E-state index contributed by atoms with van der Waals surface area (Å²) in [7, 11) is 0. The van der Waals surface area contributed by atoms with Gasteiger partial charge in [-0.25, -0.2) is 0 Å². The van der Waals surface area contributed by atoms with Gasteiger partial charge in [-0.1, -0.05) is 0 Å². The van der Waals surface area contributed by atoms with Crippen molar-refractivity contribution in [2.75, 3.05) is 0 Å². The molecule has 0 aromatic rings. The highest BCUT2D eigenvalue weighted by atomic mass is 31.0. The molecule has 2 unspecified atom stereocenters. The van der Waals surface area contributed by atoms with Gasteiger partial charge in [0.15, 0.2) is 0 Å². The molecule has 5 atom stereocenters. The molecule has 0 amide bonds. The number of carboxylic acids is 6. The minimum atomic E-state index is -1.17. The van der Waals surface area contributed by atoms with Crippen LogP contribution in [0.2, 0.25) is 0 Å². The molecule has 0 aromatic carbocycles. The van der Waals surface area contributed by atoms with E-state index in [1.807, 2.05) is 0 Å². The molecule has 0 aliphatic rings. The molecule has 0 aromatic heterocycles. The van der Waals surface area contributed by atoms with Crippen molar-refractivity contribution >= 4 is 55.6 Å². The summed E-state index contributed by atoms with van der Waals surface area (Å²) in [5.74, 6) is -6.59. The summed E-state index contributed by atoms with van der Waals surface area (Å²) in [6.07, 6.45) is -0.672. The van der Waals surface area contributed by atoms with Crippen LogP contribution in [0.5, 0.6) is 0 Å². The molecule has 0 rings (SSSR count). The first-order valence-electron chi connectivity index (χ1n) is 8.22. The predicted octanol–water partition coefficient (Wildman–Crippen LogP) is -2.09. The molecule has 0 radical (unpaired) electrons. The second-order valence-corrected chi connectivity index (χ2v) is 5.63. The molecule has 0 heterocycles. The van der Waals surface area contributed by atoms with Crippen LogP contribution in [0.4, 0.5) is 0 Å². The third kappa shape index (κ3) is 32.2. The number of nitrogens with two attached hydrogens (primary N) is 3. The number of hydrogen-bond acceptors (Lipinski definition) is 9. The number of aliphatic carboxylic acids is 6. The smallest absolute Gasteiger partial charge is 0.320 e. The summed E-state index contributed by atoms with van der Waals surface area (Å²) >= 11 is 0. The van der Waals surface area contributed by atoms with Crippen molar-refractivity contribution in [2.24, 2.45) is 17.2 Å². The lowest BCUT2D eigenvalue weighted by Gasteiger charge is -2.01. The maximum Gasteiger partial charge on any atom is 0.320 e. The zero-order valence-electron chi connectivity index (χ0n) is 17.3. The van der Waals surface area contributed by atoms with Crippen LogP contribution in [0.3, 0.4) is 0 Å². The summed E-state index contributed by atoms with van der Waals surface area (Å²) in [5.41, 5.74) is 15.0.